The topological polar surface area (TPSA) is 20.3 Å². The summed E-state index contributed by atoms with van der Waals surface area (Å²) in [5, 5.41) is 0.794. The molecule has 0 radical (unpaired) electrons. The molecule has 96 valence electrons. The number of benzene rings is 1. The Balaban J connectivity index is 2.28. The number of carbonyl (C=O) groups excluding carboxylic acids is 1. The zero-order valence-corrected chi connectivity index (χ0v) is 11.7. The molecule has 0 saturated carbocycles. The van der Waals surface area contributed by atoms with E-state index >= 15 is 0 Å². The van der Waals surface area contributed by atoms with Gasteiger partial charge in [0.2, 0.25) is 0 Å². The van der Waals surface area contributed by atoms with Gasteiger partial charge in [-0.15, -0.1) is 22.9 Å². The van der Waals surface area contributed by atoms with Crippen LogP contribution < -0.4 is 0 Å². The van der Waals surface area contributed by atoms with Crippen molar-refractivity contribution < 1.29 is 9.18 Å². The van der Waals surface area contributed by atoms with Gasteiger partial charge in [-0.25, -0.2) is 4.39 Å². The van der Waals surface area contributed by atoms with E-state index in [2.05, 4.69) is 0 Å². The number of halogens is 2. The van der Waals surface area contributed by atoms with Gasteiger partial charge in [0.15, 0.2) is 0 Å². The lowest BCUT2D eigenvalue weighted by molar-refractivity contribution is 0.0801. The van der Waals surface area contributed by atoms with Gasteiger partial charge in [0, 0.05) is 23.7 Å². The molecule has 0 saturated heterocycles. The van der Waals surface area contributed by atoms with Crippen molar-refractivity contribution in [3.8, 4) is 0 Å². The first-order valence-electron chi connectivity index (χ1n) is 5.56. The number of alkyl halides is 1. The van der Waals surface area contributed by atoms with E-state index in [9.17, 15) is 9.18 Å². The highest BCUT2D eigenvalue weighted by Gasteiger charge is 2.16. The van der Waals surface area contributed by atoms with Crippen LogP contribution >= 0.6 is 22.9 Å². The quantitative estimate of drug-likeness (QED) is 0.787. The highest BCUT2D eigenvalue weighted by atomic mass is 35.5. The van der Waals surface area contributed by atoms with Gasteiger partial charge in [-0.05, 0) is 30.5 Å². The third-order valence-electron chi connectivity index (χ3n) is 2.57. The Labute approximate surface area is 114 Å². The normalized spacial score (nSPS) is 12.7. The Hall–Kier alpha value is -1.13. The minimum Gasteiger partial charge on any atom is -0.340 e. The molecule has 1 amide bonds. The summed E-state index contributed by atoms with van der Waals surface area (Å²) in [6.07, 6.45) is 0. The van der Waals surface area contributed by atoms with Gasteiger partial charge in [0.25, 0.3) is 5.91 Å². The average molecular weight is 286 g/mol. The summed E-state index contributed by atoms with van der Waals surface area (Å²) in [5.74, 6) is -0.366. The SMILES string of the molecule is CC(Cl)CN(C)C(=O)c1cc2ccc(F)cc2s1. The van der Waals surface area contributed by atoms with Crippen LogP contribution in [0.3, 0.4) is 0 Å². The number of thiophene rings is 1. The van der Waals surface area contributed by atoms with Crippen LogP contribution in [0.15, 0.2) is 24.3 Å². The fourth-order valence-corrected chi connectivity index (χ4v) is 3.05. The molecule has 1 heterocycles. The van der Waals surface area contributed by atoms with Crippen LogP contribution in [0.25, 0.3) is 10.1 Å². The van der Waals surface area contributed by atoms with Crippen molar-refractivity contribution in [2.75, 3.05) is 13.6 Å². The number of fused-ring (bicyclic) bond motifs is 1. The Kier molecular flexibility index (Phi) is 3.88. The zero-order chi connectivity index (χ0) is 13.3. The predicted octanol–water partition coefficient (Wildman–Crippen LogP) is 3.74. The lowest BCUT2D eigenvalue weighted by Crippen LogP contribution is -2.30. The van der Waals surface area contributed by atoms with Crippen LogP contribution in [-0.2, 0) is 0 Å². The smallest absolute Gasteiger partial charge is 0.263 e. The lowest BCUT2D eigenvalue weighted by Gasteiger charge is -2.17. The van der Waals surface area contributed by atoms with E-state index in [0.717, 1.165) is 10.1 Å². The molecule has 0 spiro atoms. The molecule has 0 aliphatic heterocycles. The molecule has 1 unspecified atom stereocenters. The molecule has 5 heteroatoms. The standard InChI is InChI=1S/C13H13ClFNOS/c1-8(14)7-16(2)13(17)12-5-9-3-4-10(15)6-11(9)18-12/h3-6,8H,7H2,1-2H3. The molecule has 1 atom stereocenters. The van der Waals surface area contributed by atoms with Crippen molar-refractivity contribution in [1.82, 2.24) is 4.90 Å². The minimum atomic E-state index is -0.286. The molecule has 1 aromatic carbocycles. The van der Waals surface area contributed by atoms with Gasteiger partial charge in [-0.3, -0.25) is 4.79 Å². The molecule has 0 bridgehead atoms. The Bertz CT molecular complexity index is 581. The number of nitrogens with zero attached hydrogens (tertiary/aromatic N) is 1. The molecule has 0 aliphatic rings. The van der Waals surface area contributed by atoms with Gasteiger partial charge >= 0.3 is 0 Å². The molecule has 18 heavy (non-hydrogen) atoms. The van der Waals surface area contributed by atoms with Crippen molar-refractivity contribution in [2.45, 2.75) is 12.3 Å². The summed E-state index contributed by atoms with van der Waals surface area (Å²) >= 11 is 7.16. The largest absolute Gasteiger partial charge is 0.340 e. The zero-order valence-electron chi connectivity index (χ0n) is 10.1. The minimum absolute atomic E-state index is 0.0795. The van der Waals surface area contributed by atoms with Crippen molar-refractivity contribution in [1.29, 1.82) is 0 Å². The van der Waals surface area contributed by atoms with E-state index in [-0.39, 0.29) is 17.1 Å². The number of rotatable bonds is 3. The summed E-state index contributed by atoms with van der Waals surface area (Å²) < 4.78 is 13.9. The third-order valence-corrected chi connectivity index (χ3v) is 3.79. The predicted molar refractivity (Wildman–Crippen MR) is 74.1 cm³/mol. The number of amides is 1. The monoisotopic (exact) mass is 285 g/mol. The molecule has 0 N–H and O–H groups in total. The van der Waals surface area contributed by atoms with Crippen molar-refractivity contribution in [3.05, 3.63) is 35.0 Å². The maximum atomic E-state index is 13.1. The molecule has 2 rings (SSSR count). The molecule has 0 aliphatic carbocycles. The van der Waals surface area contributed by atoms with Crippen LogP contribution in [0, 0.1) is 5.82 Å². The Morgan fingerprint density at radius 1 is 1.50 bits per heavy atom. The van der Waals surface area contributed by atoms with Gasteiger partial charge in [0.05, 0.1) is 4.88 Å². The second kappa shape index (κ2) is 5.24. The number of hydrogen-bond donors (Lipinski definition) is 0. The second-order valence-corrected chi connectivity index (χ2v) is 6.09. The first-order chi connectivity index (χ1) is 8.47. The molecule has 2 nitrogen and oxygen atoms in total. The second-order valence-electron chi connectivity index (χ2n) is 4.26. The highest BCUT2D eigenvalue weighted by molar-refractivity contribution is 7.20. The maximum Gasteiger partial charge on any atom is 0.263 e. The molecule has 1 aromatic heterocycles. The first kappa shape index (κ1) is 13.3. The molecular formula is C13H13ClFNOS. The van der Waals surface area contributed by atoms with E-state index in [4.69, 9.17) is 11.6 Å². The van der Waals surface area contributed by atoms with Crippen molar-refractivity contribution >= 4 is 38.9 Å². The molecule has 0 fully saturated rings. The summed E-state index contributed by atoms with van der Waals surface area (Å²) in [5.41, 5.74) is 0. The average Bonchev–Trinajstić information content (AvgIpc) is 2.69. The highest BCUT2D eigenvalue weighted by Crippen LogP contribution is 2.27. The third kappa shape index (κ3) is 2.82. The van der Waals surface area contributed by atoms with Crippen LogP contribution in [0.5, 0.6) is 0 Å². The van der Waals surface area contributed by atoms with E-state index in [1.54, 1.807) is 24.1 Å². The molecular weight excluding hydrogens is 273 g/mol. The van der Waals surface area contributed by atoms with E-state index in [0.29, 0.717) is 11.4 Å². The van der Waals surface area contributed by atoms with E-state index in [1.165, 1.54) is 23.5 Å². The first-order valence-corrected chi connectivity index (χ1v) is 6.81. The Morgan fingerprint density at radius 3 is 2.89 bits per heavy atom. The summed E-state index contributed by atoms with van der Waals surface area (Å²) in [4.78, 5) is 14.3. The van der Waals surface area contributed by atoms with Gasteiger partial charge in [-0.2, -0.15) is 0 Å². The summed E-state index contributed by atoms with van der Waals surface area (Å²) in [6.45, 7) is 2.33. The van der Waals surface area contributed by atoms with Gasteiger partial charge in [-0.1, -0.05) is 6.07 Å². The van der Waals surface area contributed by atoms with E-state index in [1.807, 2.05) is 6.92 Å². The van der Waals surface area contributed by atoms with Gasteiger partial charge in [0.1, 0.15) is 5.82 Å². The van der Waals surface area contributed by atoms with Crippen LogP contribution in [-0.4, -0.2) is 29.8 Å². The van der Waals surface area contributed by atoms with Crippen LogP contribution in [0.1, 0.15) is 16.6 Å². The Morgan fingerprint density at radius 2 is 2.22 bits per heavy atom. The number of hydrogen-bond acceptors (Lipinski definition) is 2. The van der Waals surface area contributed by atoms with Crippen LogP contribution in [0.4, 0.5) is 4.39 Å². The summed E-state index contributed by atoms with van der Waals surface area (Å²) in [6, 6.07) is 6.31. The maximum absolute atomic E-state index is 13.1. The summed E-state index contributed by atoms with van der Waals surface area (Å²) in [7, 11) is 1.71. The van der Waals surface area contributed by atoms with Gasteiger partial charge < -0.3 is 4.90 Å². The molecule has 2 aromatic rings. The number of carbonyl (C=O) groups is 1. The fourth-order valence-electron chi connectivity index (χ4n) is 1.76. The van der Waals surface area contributed by atoms with Crippen LogP contribution in [0.2, 0.25) is 0 Å². The van der Waals surface area contributed by atoms with Crippen molar-refractivity contribution in [2.24, 2.45) is 0 Å². The van der Waals surface area contributed by atoms with Crippen molar-refractivity contribution in [3.63, 3.8) is 0 Å². The fraction of sp³-hybridized carbons (Fsp3) is 0.308. The lowest BCUT2D eigenvalue weighted by atomic mass is 10.2. The van der Waals surface area contributed by atoms with E-state index < -0.39 is 0 Å².